The normalized spacial score (nSPS) is 11.5. The minimum absolute atomic E-state index is 0.798. The Morgan fingerprint density at radius 2 is 1.00 bits per heavy atom. The highest BCUT2D eigenvalue weighted by atomic mass is 15.0. The lowest BCUT2D eigenvalue weighted by molar-refractivity contribution is 1.18. The number of aromatic nitrogens is 5. The Balaban J connectivity index is 1.17. The smallest absolute Gasteiger partial charge is 0.0900 e. The van der Waals surface area contributed by atoms with Crippen molar-refractivity contribution < 1.29 is 0 Å². The number of pyridine rings is 4. The van der Waals surface area contributed by atoms with Crippen molar-refractivity contribution in [1.82, 2.24) is 24.5 Å². The molecule has 0 aliphatic heterocycles. The maximum Gasteiger partial charge on any atom is 0.0900 e. The molecule has 5 aromatic heterocycles. The molecule has 0 fully saturated rings. The Hall–Kier alpha value is -7.76. The molecule has 5 heteroatoms. The van der Waals surface area contributed by atoms with Crippen LogP contribution in [0.5, 0.6) is 0 Å². The molecule has 6 aromatic carbocycles. The van der Waals surface area contributed by atoms with Crippen LogP contribution in [0.2, 0.25) is 0 Å². The van der Waals surface area contributed by atoms with Gasteiger partial charge in [0, 0.05) is 45.2 Å². The summed E-state index contributed by atoms with van der Waals surface area (Å²) in [6.45, 7) is 0. The molecule has 5 heterocycles. The molecule has 11 rings (SSSR count). The highest BCUT2D eigenvalue weighted by molar-refractivity contribution is 6.22. The van der Waals surface area contributed by atoms with Crippen LogP contribution in [0.1, 0.15) is 0 Å². The van der Waals surface area contributed by atoms with Crippen LogP contribution in [0.15, 0.2) is 200 Å². The molecule has 5 nitrogen and oxygen atoms in total. The van der Waals surface area contributed by atoms with Gasteiger partial charge in [-0.1, -0.05) is 109 Å². The van der Waals surface area contributed by atoms with E-state index >= 15 is 0 Å². The van der Waals surface area contributed by atoms with E-state index in [-0.39, 0.29) is 0 Å². The fourth-order valence-corrected chi connectivity index (χ4v) is 8.28. The minimum Gasteiger partial charge on any atom is -0.309 e. The molecule has 0 N–H and O–H groups in total. The predicted molar refractivity (Wildman–Crippen MR) is 234 cm³/mol. The van der Waals surface area contributed by atoms with Crippen LogP contribution >= 0.6 is 0 Å². The molecule has 0 saturated carbocycles. The van der Waals surface area contributed by atoms with Crippen molar-refractivity contribution in [2.75, 3.05) is 0 Å². The highest BCUT2D eigenvalue weighted by Gasteiger charge is 2.20. The summed E-state index contributed by atoms with van der Waals surface area (Å²) in [5.74, 6) is 0. The Bertz CT molecular complexity index is 3210. The van der Waals surface area contributed by atoms with E-state index in [0.717, 1.165) is 83.8 Å². The van der Waals surface area contributed by atoms with Gasteiger partial charge in [-0.25, -0.2) is 9.97 Å². The molecule has 57 heavy (non-hydrogen) atoms. The number of fused-ring (bicyclic) bond motifs is 6. The molecule has 266 valence electrons. The first-order valence-corrected chi connectivity index (χ1v) is 19.1. The quantitative estimate of drug-likeness (QED) is 0.160. The van der Waals surface area contributed by atoms with E-state index in [1.807, 2.05) is 36.4 Å². The lowest BCUT2D eigenvalue weighted by Gasteiger charge is -2.16. The molecule has 0 radical (unpaired) electrons. The summed E-state index contributed by atoms with van der Waals surface area (Å²) in [6.07, 6.45) is 3.61. The largest absolute Gasteiger partial charge is 0.309 e. The summed E-state index contributed by atoms with van der Waals surface area (Å²) < 4.78 is 2.38. The number of para-hydroxylation sites is 2. The molecule has 0 saturated heterocycles. The fraction of sp³-hybridized carbons (Fsp3) is 0. The van der Waals surface area contributed by atoms with E-state index in [2.05, 4.69) is 166 Å². The Kier molecular flexibility index (Phi) is 7.74. The van der Waals surface area contributed by atoms with Gasteiger partial charge < -0.3 is 4.57 Å². The van der Waals surface area contributed by atoms with Crippen molar-refractivity contribution in [3.8, 4) is 62.0 Å². The van der Waals surface area contributed by atoms with Crippen molar-refractivity contribution in [2.24, 2.45) is 0 Å². The third kappa shape index (κ3) is 5.64. The second-order valence-electron chi connectivity index (χ2n) is 14.3. The molecule has 11 aromatic rings. The van der Waals surface area contributed by atoms with E-state index in [4.69, 9.17) is 9.97 Å². The van der Waals surface area contributed by atoms with Crippen LogP contribution in [0.3, 0.4) is 0 Å². The zero-order valence-corrected chi connectivity index (χ0v) is 30.8. The first-order chi connectivity index (χ1) is 28.3. The predicted octanol–water partition coefficient (Wildman–Crippen LogP) is 13.0. The van der Waals surface area contributed by atoms with E-state index in [1.165, 1.54) is 21.7 Å². The molecular weight excluding hydrogens is 695 g/mol. The zero-order chi connectivity index (χ0) is 37.7. The minimum atomic E-state index is 0.798. The summed E-state index contributed by atoms with van der Waals surface area (Å²) in [7, 11) is 0. The monoisotopic (exact) mass is 727 g/mol. The number of benzene rings is 6. The molecule has 0 aliphatic rings. The van der Waals surface area contributed by atoms with E-state index in [9.17, 15) is 0 Å². The highest BCUT2D eigenvalue weighted by Crippen LogP contribution is 2.43. The average molecular weight is 728 g/mol. The number of hydrogen-bond donors (Lipinski definition) is 0. The van der Waals surface area contributed by atoms with E-state index < -0.39 is 0 Å². The van der Waals surface area contributed by atoms with Gasteiger partial charge in [0.2, 0.25) is 0 Å². The van der Waals surface area contributed by atoms with Crippen LogP contribution in [-0.4, -0.2) is 24.5 Å². The summed E-state index contributed by atoms with van der Waals surface area (Å²) in [5, 5.41) is 5.83. The Morgan fingerprint density at radius 1 is 0.351 bits per heavy atom. The molecule has 0 spiro atoms. The van der Waals surface area contributed by atoms with Crippen molar-refractivity contribution in [2.45, 2.75) is 0 Å². The topological polar surface area (TPSA) is 56.5 Å². The first kappa shape index (κ1) is 32.7. The molecule has 0 unspecified atom stereocenters. The standard InChI is InChI=1S/C52H33N5/c1-3-15-34(16-4-1)52-43-33-50-41(40-21-7-8-26-49(40)57(50)38-19-5-2-6-20-38)32-42(43)51-39(22-14-25-46(51)56-52)36-18-13-17-35(29-36)37-30-47(44-23-9-11-27-53-44)55-48(31-37)45-24-10-12-28-54-45/h1-33H. The van der Waals surface area contributed by atoms with Gasteiger partial charge in [0.05, 0.1) is 45.0 Å². The SMILES string of the molecule is c1ccc(-c2nc3cccc(-c4cccc(-c5cc(-c6ccccn6)nc(-c6ccccn6)c5)c4)c3c3cc4c5ccccc5n(-c5ccccc5)c4cc23)cc1. The van der Waals surface area contributed by atoms with Gasteiger partial charge in [-0.2, -0.15) is 0 Å². The lowest BCUT2D eigenvalue weighted by Crippen LogP contribution is -1.95. The van der Waals surface area contributed by atoms with Crippen molar-refractivity contribution in [1.29, 1.82) is 0 Å². The van der Waals surface area contributed by atoms with Crippen molar-refractivity contribution in [3.05, 3.63) is 200 Å². The van der Waals surface area contributed by atoms with E-state index in [1.54, 1.807) is 12.4 Å². The maximum atomic E-state index is 5.46. The van der Waals surface area contributed by atoms with Crippen LogP contribution in [0.25, 0.3) is 105 Å². The summed E-state index contributed by atoms with van der Waals surface area (Å²) in [5.41, 5.74) is 14.0. The second-order valence-corrected chi connectivity index (χ2v) is 14.3. The van der Waals surface area contributed by atoms with Gasteiger partial charge in [0.15, 0.2) is 0 Å². The van der Waals surface area contributed by atoms with Gasteiger partial charge in [0.25, 0.3) is 0 Å². The van der Waals surface area contributed by atoms with Gasteiger partial charge in [0.1, 0.15) is 0 Å². The second kappa shape index (κ2) is 13.5. The summed E-state index contributed by atoms with van der Waals surface area (Å²) in [4.78, 5) is 19.8. The van der Waals surface area contributed by atoms with Gasteiger partial charge in [-0.15, -0.1) is 0 Å². The van der Waals surface area contributed by atoms with Crippen LogP contribution < -0.4 is 0 Å². The third-order valence-electron chi connectivity index (χ3n) is 10.9. The Labute approximate surface area is 329 Å². The number of nitrogens with zero attached hydrogens (tertiary/aromatic N) is 5. The fourth-order valence-electron chi connectivity index (χ4n) is 8.28. The zero-order valence-electron chi connectivity index (χ0n) is 30.8. The third-order valence-corrected chi connectivity index (χ3v) is 10.9. The van der Waals surface area contributed by atoms with Crippen LogP contribution in [-0.2, 0) is 0 Å². The van der Waals surface area contributed by atoms with Gasteiger partial charge in [-0.05, 0) is 107 Å². The average Bonchev–Trinajstić information content (AvgIpc) is 3.62. The molecular formula is C52H33N5. The molecule has 0 bridgehead atoms. The number of hydrogen-bond acceptors (Lipinski definition) is 4. The van der Waals surface area contributed by atoms with E-state index in [0.29, 0.717) is 0 Å². The first-order valence-electron chi connectivity index (χ1n) is 19.1. The maximum absolute atomic E-state index is 5.46. The van der Waals surface area contributed by atoms with Crippen molar-refractivity contribution >= 4 is 43.5 Å². The molecule has 0 amide bonds. The van der Waals surface area contributed by atoms with Crippen LogP contribution in [0, 0.1) is 0 Å². The summed E-state index contributed by atoms with van der Waals surface area (Å²) in [6, 6.07) is 66.0. The molecule has 0 atom stereocenters. The van der Waals surface area contributed by atoms with Crippen LogP contribution in [0.4, 0.5) is 0 Å². The molecule has 0 aliphatic carbocycles. The summed E-state index contributed by atoms with van der Waals surface area (Å²) >= 11 is 0. The number of rotatable bonds is 6. The Morgan fingerprint density at radius 3 is 1.74 bits per heavy atom. The van der Waals surface area contributed by atoms with Gasteiger partial charge >= 0.3 is 0 Å². The lowest BCUT2D eigenvalue weighted by atomic mass is 9.91. The van der Waals surface area contributed by atoms with Gasteiger partial charge in [-0.3, -0.25) is 9.97 Å². The van der Waals surface area contributed by atoms with Crippen molar-refractivity contribution in [3.63, 3.8) is 0 Å².